The number of carbonyl (C=O) groups excluding carboxylic acids is 1. The standard InChI is InChI=1S/C15H18F3NO/c1-10(14(2)8-9-14)19(3)13(20)11-4-6-12(7-5-11)15(16,17)18/h4-7,10H,8-9H2,1-3H3. The van der Waals surface area contributed by atoms with E-state index in [0.29, 0.717) is 0 Å². The van der Waals surface area contributed by atoms with E-state index in [-0.39, 0.29) is 22.9 Å². The van der Waals surface area contributed by atoms with Crippen molar-refractivity contribution < 1.29 is 18.0 Å². The van der Waals surface area contributed by atoms with E-state index >= 15 is 0 Å². The fourth-order valence-electron chi connectivity index (χ4n) is 2.26. The summed E-state index contributed by atoms with van der Waals surface area (Å²) in [6.45, 7) is 4.10. The molecule has 0 aliphatic heterocycles. The topological polar surface area (TPSA) is 20.3 Å². The van der Waals surface area contributed by atoms with Crippen molar-refractivity contribution in [3.05, 3.63) is 35.4 Å². The Morgan fingerprint density at radius 2 is 1.75 bits per heavy atom. The number of hydrogen-bond acceptors (Lipinski definition) is 1. The zero-order chi connectivity index (χ0) is 15.1. The van der Waals surface area contributed by atoms with Crippen molar-refractivity contribution in [1.82, 2.24) is 4.90 Å². The van der Waals surface area contributed by atoms with Crippen molar-refractivity contribution in [3.8, 4) is 0 Å². The van der Waals surface area contributed by atoms with E-state index in [2.05, 4.69) is 6.92 Å². The largest absolute Gasteiger partial charge is 0.416 e. The zero-order valence-electron chi connectivity index (χ0n) is 11.8. The molecule has 1 aromatic rings. The number of amides is 1. The molecule has 1 amide bonds. The molecular formula is C15H18F3NO. The summed E-state index contributed by atoms with van der Waals surface area (Å²) in [5, 5.41) is 0. The van der Waals surface area contributed by atoms with Crippen LogP contribution in [0.4, 0.5) is 13.2 Å². The molecule has 0 saturated heterocycles. The summed E-state index contributed by atoms with van der Waals surface area (Å²) in [6, 6.07) is 4.46. The molecule has 0 N–H and O–H groups in total. The van der Waals surface area contributed by atoms with Gasteiger partial charge in [0, 0.05) is 18.7 Å². The van der Waals surface area contributed by atoms with Crippen LogP contribution in [0.25, 0.3) is 0 Å². The summed E-state index contributed by atoms with van der Waals surface area (Å²) in [6.07, 6.45) is -2.21. The molecule has 1 aromatic carbocycles. The maximum absolute atomic E-state index is 12.5. The summed E-state index contributed by atoms with van der Waals surface area (Å²) in [5.74, 6) is -0.237. The average Bonchev–Trinajstić information content (AvgIpc) is 3.14. The van der Waals surface area contributed by atoms with Crippen LogP contribution in [0.2, 0.25) is 0 Å². The molecule has 1 fully saturated rings. The van der Waals surface area contributed by atoms with Gasteiger partial charge in [0.05, 0.1) is 5.56 Å². The summed E-state index contributed by atoms with van der Waals surface area (Å²) in [4.78, 5) is 13.9. The fraction of sp³-hybridized carbons (Fsp3) is 0.533. The molecule has 1 aliphatic carbocycles. The molecule has 0 spiro atoms. The first-order valence-corrected chi connectivity index (χ1v) is 6.59. The molecule has 2 rings (SSSR count). The Balaban J connectivity index is 2.13. The van der Waals surface area contributed by atoms with Gasteiger partial charge in [-0.3, -0.25) is 4.79 Å². The second-order valence-corrected chi connectivity index (χ2v) is 5.82. The summed E-state index contributed by atoms with van der Waals surface area (Å²) in [7, 11) is 1.70. The van der Waals surface area contributed by atoms with Gasteiger partial charge < -0.3 is 4.90 Å². The van der Waals surface area contributed by atoms with Gasteiger partial charge in [0.2, 0.25) is 0 Å². The van der Waals surface area contributed by atoms with E-state index in [9.17, 15) is 18.0 Å². The van der Waals surface area contributed by atoms with Gasteiger partial charge in [0.15, 0.2) is 0 Å². The second kappa shape index (κ2) is 4.79. The lowest BCUT2D eigenvalue weighted by molar-refractivity contribution is -0.137. The number of alkyl halides is 3. The van der Waals surface area contributed by atoms with Gasteiger partial charge in [-0.25, -0.2) is 0 Å². The van der Waals surface area contributed by atoms with Gasteiger partial charge in [-0.05, 0) is 49.4 Å². The normalized spacial score (nSPS) is 18.5. The third-order valence-corrected chi connectivity index (χ3v) is 4.41. The molecule has 0 aromatic heterocycles. The van der Waals surface area contributed by atoms with Crippen molar-refractivity contribution in [2.45, 2.75) is 38.9 Å². The Kier molecular flexibility index (Phi) is 3.56. The van der Waals surface area contributed by atoms with Gasteiger partial charge in [0.1, 0.15) is 0 Å². The maximum atomic E-state index is 12.5. The highest BCUT2D eigenvalue weighted by Gasteiger charge is 2.45. The van der Waals surface area contributed by atoms with E-state index in [1.165, 1.54) is 12.1 Å². The second-order valence-electron chi connectivity index (χ2n) is 5.82. The average molecular weight is 285 g/mol. The highest BCUT2D eigenvalue weighted by Crippen LogP contribution is 2.49. The van der Waals surface area contributed by atoms with Crippen LogP contribution in [0.5, 0.6) is 0 Å². The van der Waals surface area contributed by atoms with Crippen LogP contribution >= 0.6 is 0 Å². The van der Waals surface area contributed by atoms with Crippen LogP contribution in [0.1, 0.15) is 42.6 Å². The van der Waals surface area contributed by atoms with Gasteiger partial charge in [-0.15, -0.1) is 0 Å². The van der Waals surface area contributed by atoms with E-state index in [0.717, 1.165) is 25.0 Å². The fourth-order valence-corrected chi connectivity index (χ4v) is 2.26. The molecule has 1 unspecified atom stereocenters. The molecule has 5 heteroatoms. The number of carbonyl (C=O) groups is 1. The van der Waals surface area contributed by atoms with Crippen LogP contribution in [-0.2, 0) is 6.18 Å². The molecule has 110 valence electrons. The molecule has 0 bridgehead atoms. The number of benzene rings is 1. The highest BCUT2D eigenvalue weighted by atomic mass is 19.4. The molecule has 1 saturated carbocycles. The molecular weight excluding hydrogens is 267 g/mol. The first-order chi connectivity index (χ1) is 9.15. The Morgan fingerprint density at radius 3 is 2.15 bits per heavy atom. The van der Waals surface area contributed by atoms with E-state index < -0.39 is 11.7 Å². The Morgan fingerprint density at radius 1 is 1.25 bits per heavy atom. The van der Waals surface area contributed by atoms with E-state index in [1.54, 1.807) is 11.9 Å². The van der Waals surface area contributed by atoms with Crippen molar-refractivity contribution in [3.63, 3.8) is 0 Å². The smallest absolute Gasteiger partial charge is 0.338 e. The van der Waals surface area contributed by atoms with Crippen LogP contribution in [0.3, 0.4) is 0 Å². The van der Waals surface area contributed by atoms with Gasteiger partial charge in [-0.1, -0.05) is 6.92 Å². The van der Waals surface area contributed by atoms with Gasteiger partial charge in [-0.2, -0.15) is 13.2 Å². The molecule has 0 radical (unpaired) electrons. The van der Waals surface area contributed by atoms with Crippen molar-refractivity contribution in [1.29, 1.82) is 0 Å². The monoisotopic (exact) mass is 285 g/mol. The minimum absolute atomic E-state index is 0.0808. The summed E-state index contributed by atoms with van der Waals surface area (Å²) >= 11 is 0. The van der Waals surface area contributed by atoms with E-state index in [4.69, 9.17) is 0 Å². The zero-order valence-corrected chi connectivity index (χ0v) is 11.8. The lowest BCUT2D eigenvalue weighted by atomic mass is 9.98. The number of nitrogens with zero attached hydrogens (tertiary/aromatic N) is 1. The molecule has 2 nitrogen and oxygen atoms in total. The summed E-state index contributed by atoms with van der Waals surface area (Å²) in [5.41, 5.74) is -0.299. The lowest BCUT2D eigenvalue weighted by Gasteiger charge is -2.30. The molecule has 1 atom stereocenters. The Hall–Kier alpha value is -1.52. The van der Waals surface area contributed by atoms with Crippen LogP contribution in [0, 0.1) is 5.41 Å². The van der Waals surface area contributed by atoms with Gasteiger partial charge >= 0.3 is 6.18 Å². The Labute approximate surface area is 116 Å². The third-order valence-electron chi connectivity index (χ3n) is 4.41. The molecule has 0 heterocycles. The van der Waals surface area contributed by atoms with Crippen molar-refractivity contribution >= 4 is 5.91 Å². The van der Waals surface area contributed by atoms with Gasteiger partial charge in [0.25, 0.3) is 5.91 Å². The number of hydrogen-bond donors (Lipinski definition) is 0. The quantitative estimate of drug-likeness (QED) is 0.823. The predicted octanol–water partition coefficient (Wildman–Crippen LogP) is 3.97. The SMILES string of the molecule is CC(N(C)C(=O)c1ccc(C(F)(F)F)cc1)C1(C)CC1. The van der Waals surface area contributed by atoms with Crippen LogP contribution in [0.15, 0.2) is 24.3 Å². The minimum atomic E-state index is -4.37. The number of halogens is 3. The minimum Gasteiger partial charge on any atom is -0.338 e. The lowest BCUT2D eigenvalue weighted by Crippen LogP contribution is -2.40. The van der Waals surface area contributed by atoms with Crippen molar-refractivity contribution in [2.24, 2.45) is 5.41 Å². The van der Waals surface area contributed by atoms with Crippen molar-refractivity contribution in [2.75, 3.05) is 7.05 Å². The first kappa shape index (κ1) is 14.9. The van der Waals surface area contributed by atoms with Crippen LogP contribution < -0.4 is 0 Å². The number of rotatable bonds is 3. The Bertz CT molecular complexity index is 503. The third kappa shape index (κ3) is 2.81. The summed E-state index contributed by atoms with van der Waals surface area (Å²) < 4.78 is 37.4. The first-order valence-electron chi connectivity index (χ1n) is 6.59. The predicted molar refractivity (Wildman–Crippen MR) is 70.3 cm³/mol. The highest BCUT2D eigenvalue weighted by molar-refractivity contribution is 5.94. The molecule has 1 aliphatic rings. The molecule has 20 heavy (non-hydrogen) atoms. The van der Waals surface area contributed by atoms with Crippen LogP contribution in [-0.4, -0.2) is 23.9 Å². The van der Waals surface area contributed by atoms with E-state index in [1.807, 2.05) is 6.92 Å². The maximum Gasteiger partial charge on any atom is 0.416 e.